The first-order valence-electron chi connectivity index (χ1n) is 7.25. The number of para-hydroxylation sites is 2. The maximum absolute atomic E-state index is 9.03. The Hall–Kier alpha value is -2.60. The van der Waals surface area contributed by atoms with E-state index < -0.39 is 0 Å². The molecule has 1 aliphatic rings. The van der Waals surface area contributed by atoms with Gasteiger partial charge in [0.1, 0.15) is 5.82 Å². The lowest BCUT2D eigenvalue weighted by Crippen LogP contribution is -2.22. The number of imidazole rings is 1. The van der Waals surface area contributed by atoms with E-state index in [2.05, 4.69) is 46.0 Å². The normalized spacial score (nSPS) is 16.2. The molecule has 1 heterocycles. The Morgan fingerprint density at radius 1 is 1.14 bits per heavy atom. The first-order chi connectivity index (χ1) is 10.4. The minimum absolute atomic E-state index is 0.364. The number of fused-ring (bicyclic) bond motifs is 2. The second kappa shape index (κ2) is 4.75. The van der Waals surface area contributed by atoms with Crippen LogP contribution in [0.4, 0.5) is 0 Å². The van der Waals surface area contributed by atoms with Crippen molar-refractivity contribution < 1.29 is 0 Å². The van der Waals surface area contributed by atoms with Crippen LogP contribution in [-0.2, 0) is 19.4 Å². The van der Waals surface area contributed by atoms with Crippen molar-refractivity contribution in [3.63, 3.8) is 0 Å². The molecule has 0 bridgehead atoms. The van der Waals surface area contributed by atoms with Gasteiger partial charge in [0.2, 0.25) is 0 Å². The zero-order valence-electron chi connectivity index (χ0n) is 11.7. The summed E-state index contributed by atoms with van der Waals surface area (Å²) in [7, 11) is 0. The van der Waals surface area contributed by atoms with Gasteiger partial charge in [0, 0.05) is 12.5 Å². The van der Waals surface area contributed by atoms with Crippen molar-refractivity contribution in [1.82, 2.24) is 9.55 Å². The second-order valence-electron chi connectivity index (χ2n) is 5.56. The van der Waals surface area contributed by atoms with E-state index in [0.29, 0.717) is 12.3 Å². The van der Waals surface area contributed by atoms with Crippen LogP contribution in [0.1, 0.15) is 22.9 Å². The topological polar surface area (TPSA) is 41.6 Å². The Morgan fingerprint density at radius 3 is 2.81 bits per heavy atom. The summed E-state index contributed by atoms with van der Waals surface area (Å²) in [6.45, 7) is 0.911. The third kappa shape index (κ3) is 1.92. The van der Waals surface area contributed by atoms with Crippen LogP contribution >= 0.6 is 0 Å². The maximum atomic E-state index is 9.03. The highest BCUT2D eigenvalue weighted by molar-refractivity contribution is 5.76. The molecule has 1 unspecified atom stereocenters. The lowest BCUT2D eigenvalue weighted by molar-refractivity contribution is 0.507. The van der Waals surface area contributed by atoms with Crippen LogP contribution in [0.3, 0.4) is 0 Å². The van der Waals surface area contributed by atoms with Gasteiger partial charge in [0.15, 0.2) is 0 Å². The highest BCUT2D eigenvalue weighted by atomic mass is 15.1. The molecule has 102 valence electrons. The van der Waals surface area contributed by atoms with Gasteiger partial charge >= 0.3 is 0 Å². The third-order valence-corrected chi connectivity index (χ3v) is 4.33. The van der Waals surface area contributed by atoms with Crippen LogP contribution in [0, 0.1) is 11.3 Å². The summed E-state index contributed by atoms with van der Waals surface area (Å²) in [5.41, 5.74) is 5.01. The summed E-state index contributed by atoms with van der Waals surface area (Å²) in [6, 6.07) is 19.0. The SMILES string of the molecule is N#CCc1nc2ccccc2n1CC1Cc2ccccc21. The highest BCUT2D eigenvalue weighted by Crippen LogP contribution is 2.36. The first kappa shape index (κ1) is 12.2. The molecule has 0 saturated carbocycles. The van der Waals surface area contributed by atoms with Gasteiger partial charge in [-0.2, -0.15) is 5.26 Å². The summed E-state index contributed by atoms with van der Waals surface area (Å²) < 4.78 is 2.22. The van der Waals surface area contributed by atoms with E-state index in [9.17, 15) is 0 Å². The average molecular weight is 273 g/mol. The number of rotatable bonds is 3. The van der Waals surface area contributed by atoms with Gasteiger partial charge in [-0.1, -0.05) is 36.4 Å². The van der Waals surface area contributed by atoms with Crippen molar-refractivity contribution in [2.75, 3.05) is 0 Å². The van der Waals surface area contributed by atoms with Crippen molar-refractivity contribution in [1.29, 1.82) is 5.26 Å². The molecule has 0 amide bonds. The molecule has 0 spiro atoms. The van der Waals surface area contributed by atoms with Gasteiger partial charge in [0.05, 0.1) is 23.5 Å². The van der Waals surface area contributed by atoms with E-state index in [1.165, 1.54) is 11.1 Å². The largest absolute Gasteiger partial charge is 0.326 e. The Morgan fingerprint density at radius 2 is 1.95 bits per heavy atom. The standard InChI is InChI=1S/C18H15N3/c19-10-9-18-20-16-7-3-4-8-17(16)21(18)12-14-11-13-5-1-2-6-15(13)14/h1-8,14H,9,11-12H2. The van der Waals surface area contributed by atoms with E-state index in [0.717, 1.165) is 29.8 Å². The van der Waals surface area contributed by atoms with Crippen molar-refractivity contribution in [3.8, 4) is 6.07 Å². The van der Waals surface area contributed by atoms with Crippen LogP contribution < -0.4 is 0 Å². The molecule has 3 aromatic rings. The molecule has 1 aromatic heterocycles. The molecule has 0 fully saturated rings. The number of hydrogen-bond donors (Lipinski definition) is 0. The quantitative estimate of drug-likeness (QED) is 0.733. The number of aromatic nitrogens is 2. The molecule has 3 heteroatoms. The van der Waals surface area contributed by atoms with Crippen LogP contribution in [0.25, 0.3) is 11.0 Å². The molecular formula is C18H15N3. The monoisotopic (exact) mass is 273 g/mol. The van der Waals surface area contributed by atoms with Crippen molar-refractivity contribution in [3.05, 3.63) is 65.5 Å². The number of hydrogen-bond acceptors (Lipinski definition) is 2. The minimum Gasteiger partial charge on any atom is -0.326 e. The van der Waals surface area contributed by atoms with Gasteiger partial charge in [-0.3, -0.25) is 0 Å². The lowest BCUT2D eigenvalue weighted by Gasteiger charge is -2.31. The molecule has 4 rings (SSSR count). The summed E-state index contributed by atoms with van der Waals surface area (Å²) in [4.78, 5) is 4.61. The molecule has 0 aliphatic heterocycles. The molecule has 2 aromatic carbocycles. The summed E-state index contributed by atoms with van der Waals surface area (Å²) in [5, 5.41) is 9.03. The fraction of sp³-hybridized carbons (Fsp3) is 0.222. The fourth-order valence-corrected chi connectivity index (χ4v) is 3.28. The zero-order valence-corrected chi connectivity index (χ0v) is 11.7. The summed E-state index contributed by atoms with van der Waals surface area (Å²) in [5.74, 6) is 1.42. The Labute approximate surface area is 123 Å². The second-order valence-corrected chi connectivity index (χ2v) is 5.56. The summed E-state index contributed by atoms with van der Waals surface area (Å²) >= 11 is 0. The third-order valence-electron chi connectivity index (χ3n) is 4.33. The average Bonchev–Trinajstić information content (AvgIpc) is 2.83. The predicted octanol–water partition coefficient (Wildman–Crippen LogP) is 3.44. The van der Waals surface area contributed by atoms with Crippen molar-refractivity contribution >= 4 is 11.0 Å². The van der Waals surface area contributed by atoms with Crippen LogP contribution in [0.15, 0.2) is 48.5 Å². The lowest BCUT2D eigenvalue weighted by atomic mass is 9.77. The predicted molar refractivity (Wildman–Crippen MR) is 81.9 cm³/mol. The molecule has 1 atom stereocenters. The van der Waals surface area contributed by atoms with E-state index >= 15 is 0 Å². The van der Waals surface area contributed by atoms with Crippen molar-refractivity contribution in [2.45, 2.75) is 25.3 Å². The summed E-state index contributed by atoms with van der Waals surface area (Å²) in [6.07, 6.45) is 1.48. The smallest absolute Gasteiger partial charge is 0.124 e. The number of benzene rings is 2. The van der Waals surface area contributed by atoms with Crippen LogP contribution in [-0.4, -0.2) is 9.55 Å². The zero-order chi connectivity index (χ0) is 14.2. The molecule has 0 radical (unpaired) electrons. The van der Waals surface area contributed by atoms with Crippen LogP contribution in [0.5, 0.6) is 0 Å². The Bertz CT molecular complexity index is 854. The van der Waals surface area contributed by atoms with Gasteiger partial charge < -0.3 is 4.57 Å². The van der Waals surface area contributed by atoms with E-state index in [-0.39, 0.29) is 0 Å². The fourth-order valence-electron chi connectivity index (χ4n) is 3.28. The van der Waals surface area contributed by atoms with Gasteiger partial charge in [-0.05, 0) is 29.7 Å². The van der Waals surface area contributed by atoms with E-state index in [4.69, 9.17) is 5.26 Å². The molecular weight excluding hydrogens is 258 g/mol. The van der Waals surface area contributed by atoms with Gasteiger partial charge in [0.25, 0.3) is 0 Å². The Balaban J connectivity index is 1.74. The van der Waals surface area contributed by atoms with Gasteiger partial charge in [-0.25, -0.2) is 4.98 Å². The van der Waals surface area contributed by atoms with E-state index in [1.54, 1.807) is 0 Å². The maximum Gasteiger partial charge on any atom is 0.124 e. The molecule has 0 N–H and O–H groups in total. The Kier molecular flexibility index (Phi) is 2.75. The van der Waals surface area contributed by atoms with Crippen molar-refractivity contribution in [2.24, 2.45) is 0 Å². The number of nitriles is 1. The molecule has 3 nitrogen and oxygen atoms in total. The van der Waals surface area contributed by atoms with E-state index in [1.807, 2.05) is 18.2 Å². The van der Waals surface area contributed by atoms with Gasteiger partial charge in [-0.15, -0.1) is 0 Å². The minimum atomic E-state index is 0.364. The molecule has 0 saturated heterocycles. The first-order valence-corrected chi connectivity index (χ1v) is 7.25. The molecule has 21 heavy (non-hydrogen) atoms. The number of nitrogens with zero attached hydrogens (tertiary/aromatic N) is 3. The molecule has 1 aliphatic carbocycles. The van der Waals surface area contributed by atoms with Crippen LogP contribution in [0.2, 0.25) is 0 Å². The highest BCUT2D eigenvalue weighted by Gasteiger charge is 2.27.